The molecule has 0 aliphatic carbocycles. The molecule has 3 heteroatoms. The van der Waals surface area contributed by atoms with E-state index < -0.39 is 0 Å². The lowest BCUT2D eigenvalue weighted by Gasteiger charge is -2.27. The Labute approximate surface area is 104 Å². The maximum absolute atomic E-state index is 8.71. The summed E-state index contributed by atoms with van der Waals surface area (Å²) in [5.41, 5.74) is 0. The molecule has 0 spiro atoms. The number of hydrogen-bond acceptors (Lipinski definition) is 3. The minimum atomic E-state index is -0.0407. The van der Waals surface area contributed by atoms with Crippen molar-refractivity contribution in [2.45, 2.75) is 50.9 Å². The minimum absolute atomic E-state index is 0.0407. The van der Waals surface area contributed by atoms with Gasteiger partial charge in [0.15, 0.2) is 6.29 Å². The molecule has 1 unspecified atom stereocenters. The number of aliphatic hydroxyl groups excluding tert-OH is 1. The van der Waals surface area contributed by atoms with Crippen molar-refractivity contribution < 1.29 is 14.6 Å². The predicted octanol–water partition coefficient (Wildman–Crippen LogP) is 2.80. The second-order valence-corrected chi connectivity index (χ2v) is 4.31. The molecule has 0 aromatic heterocycles. The number of ether oxygens (including phenoxy) is 2. The first-order valence-corrected chi connectivity index (χ1v) is 6.50. The molecule has 98 valence electrons. The summed E-state index contributed by atoms with van der Waals surface area (Å²) in [6.45, 7) is 4.63. The molecule has 0 bridgehead atoms. The fourth-order valence-electron chi connectivity index (χ4n) is 1.90. The molecule has 2 atom stereocenters. The van der Waals surface area contributed by atoms with Gasteiger partial charge in [-0.05, 0) is 38.5 Å². The number of aliphatic hydroxyl groups is 1. The van der Waals surface area contributed by atoms with Crippen molar-refractivity contribution in [1.82, 2.24) is 0 Å². The zero-order valence-electron chi connectivity index (χ0n) is 10.5. The molecule has 1 rings (SSSR count). The Morgan fingerprint density at radius 2 is 2.29 bits per heavy atom. The van der Waals surface area contributed by atoms with Gasteiger partial charge in [-0.25, -0.2) is 0 Å². The normalized spacial score (nSPS) is 22.8. The maximum Gasteiger partial charge on any atom is 0.157 e. The van der Waals surface area contributed by atoms with Gasteiger partial charge in [0, 0.05) is 6.61 Å². The van der Waals surface area contributed by atoms with Gasteiger partial charge in [0.25, 0.3) is 0 Å². The molecule has 1 N–H and O–H groups in total. The molecule has 17 heavy (non-hydrogen) atoms. The van der Waals surface area contributed by atoms with Crippen LogP contribution in [0.2, 0.25) is 0 Å². The summed E-state index contributed by atoms with van der Waals surface area (Å²) < 4.78 is 11.5. The van der Waals surface area contributed by atoms with Crippen LogP contribution in [0.3, 0.4) is 0 Å². The van der Waals surface area contributed by atoms with Crippen molar-refractivity contribution in [2.24, 2.45) is 0 Å². The molecule has 1 saturated heterocycles. The SMILES string of the molecule is C=CCC[C@H](CC=CCO)OC1CCCCO1. The highest BCUT2D eigenvalue weighted by atomic mass is 16.7. The van der Waals surface area contributed by atoms with E-state index in [0.717, 1.165) is 38.7 Å². The summed E-state index contributed by atoms with van der Waals surface area (Å²) in [7, 11) is 0. The van der Waals surface area contributed by atoms with Crippen LogP contribution in [0.25, 0.3) is 0 Å². The molecule has 3 nitrogen and oxygen atoms in total. The molecule has 0 radical (unpaired) electrons. The molecular formula is C14H24O3. The Kier molecular flexibility index (Phi) is 7.97. The summed E-state index contributed by atoms with van der Waals surface area (Å²) in [6.07, 6.45) is 11.8. The highest BCUT2D eigenvalue weighted by Gasteiger charge is 2.18. The third-order valence-corrected chi connectivity index (χ3v) is 2.85. The van der Waals surface area contributed by atoms with E-state index in [1.807, 2.05) is 12.2 Å². The summed E-state index contributed by atoms with van der Waals surface area (Å²) in [5, 5.41) is 8.71. The second kappa shape index (κ2) is 9.40. The number of rotatable bonds is 8. The van der Waals surface area contributed by atoms with Crippen LogP contribution in [0.1, 0.15) is 38.5 Å². The third-order valence-electron chi connectivity index (χ3n) is 2.85. The Bertz CT molecular complexity index is 220. The molecule has 1 aliphatic rings. The van der Waals surface area contributed by atoms with E-state index >= 15 is 0 Å². The first-order chi connectivity index (χ1) is 8.36. The van der Waals surface area contributed by atoms with Crippen LogP contribution >= 0.6 is 0 Å². The van der Waals surface area contributed by atoms with E-state index in [4.69, 9.17) is 14.6 Å². The molecule has 1 heterocycles. The van der Waals surface area contributed by atoms with Crippen LogP contribution < -0.4 is 0 Å². The van der Waals surface area contributed by atoms with Gasteiger partial charge >= 0.3 is 0 Å². The van der Waals surface area contributed by atoms with E-state index in [2.05, 4.69) is 6.58 Å². The second-order valence-electron chi connectivity index (χ2n) is 4.31. The minimum Gasteiger partial charge on any atom is -0.392 e. The van der Waals surface area contributed by atoms with Crippen LogP contribution in [0.4, 0.5) is 0 Å². The standard InChI is InChI=1S/C14H24O3/c1-2-3-8-13(9-4-6-11-15)17-14-10-5-7-12-16-14/h2,4,6,13-15H,1,3,5,7-12H2/t13-,14?/m1/s1. The molecule has 0 amide bonds. The Morgan fingerprint density at radius 3 is 2.94 bits per heavy atom. The Hall–Kier alpha value is -0.640. The molecule has 1 aliphatic heterocycles. The summed E-state index contributed by atoms with van der Waals surface area (Å²) in [5.74, 6) is 0. The lowest BCUT2D eigenvalue weighted by Crippen LogP contribution is -2.27. The highest BCUT2D eigenvalue weighted by molar-refractivity contribution is 4.85. The first-order valence-electron chi connectivity index (χ1n) is 6.50. The lowest BCUT2D eigenvalue weighted by atomic mass is 10.1. The average Bonchev–Trinajstić information content (AvgIpc) is 2.37. The van der Waals surface area contributed by atoms with Gasteiger partial charge in [0.2, 0.25) is 0 Å². The number of hydrogen-bond donors (Lipinski definition) is 1. The smallest absolute Gasteiger partial charge is 0.157 e. The first kappa shape index (κ1) is 14.4. The van der Waals surface area contributed by atoms with Gasteiger partial charge in [0.1, 0.15) is 0 Å². The predicted molar refractivity (Wildman–Crippen MR) is 68.7 cm³/mol. The van der Waals surface area contributed by atoms with Gasteiger partial charge in [-0.3, -0.25) is 0 Å². The fraction of sp³-hybridized carbons (Fsp3) is 0.714. The zero-order valence-corrected chi connectivity index (χ0v) is 10.5. The van der Waals surface area contributed by atoms with E-state index in [-0.39, 0.29) is 19.0 Å². The van der Waals surface area contributed by atoms with Gasteiger partial charge in [-0.15, -0.1) is 6.58 Å². The van der Waals surface area contributed by atoms with Crippen molar-refractivity contribution in [3.8, 4) is 0 Å². The largest absolute Gasteiger partial charge is 0.392 e. The Balaban J connectivity index is 2.31. The van der Waals surface area contributed by atoms with Crippen LogP contribution in [0, 0.1) is 0 Å². The van der Waals surface area contributed by atoms with Crippen LogP contribution in [-0.4, -0.2) is 30.7 Å². The van der Waals surface area contributed by atoms with Crippen molar-refractivity contribution in [1.29, 1.82) is 0 Å². The maximum atomic E-state index is 8.71. The molecule has 1 fully saturated rings. The highest BCUT2D eigenvalue weighted by Crippen LogP contribution is 2.19. The molecule has 0 aromatic rings. The van der Waals surface area contributed by atoms with Crippen LogP contribution in [-0.2, 0) is 9.47 Å². The van der Waals surface area contributed by atoms with Crippen molar-refractivity contribution in [2.75, 3.05) is 13.2 Å². The quantitative estimate of drug-likeness (QED) is 0.663. The zero-order chi connectivity index (χ0) is 12.3. The van der Waals surface area contributed by atoms with Crippen LogP contribution in [0.15, 0.2) is 24.8 Å². The van der Waals surface area contributed by atoms with E-state index in [9.17, 15) is 0 Å². The number of allylic oxidation sites excluding steroid dienone is 1. The Morgan fingerprint density at radius 1 is 1.41 bits per heavy atom. The van der Waals surface area contributed by atoms with Crippen molar-refractivity contribution in [3.05, 3.63) is 24.8 Å². The van der Waals surface area contributed by atoms with E-state index in [1.165, 1.54) is 6.42 Å². The van der Waals surface area contributed by atoms with Gasteiger partial charge < -0.3 is 14.6 Å². The average molecular weight is 240 g/mol. The molecule has 0 aromatic carbocycles. The van der Waals surface area contributed by atoms with Crippen molar-refractivity contribution >= 4 is 0 Å². The van der Waals surface area contributed by atoms with E-state index in [1.54, 1.807) is 6.08 Å². The third kappa shape index (κ3) is 6.61. The summed E-state index contributed by atoms with van der Waals surface area (Å²) in [4.78, 5) is 0. The van der Waals surface area contributed by atoms with Crippen molar-refractivity contribution in [3.63, 3.8) is 0 Å². The topological polar surface area (TPSA) is 38.7 Å². The molecular weight excluding hydrogens is 216 g/mol. The summed E-state index contributed by atoms with van der Waals surface area (Å²) in [6, 6.07) is 0. The van der Waals surface area contributed by atoms with Gasteiger partial charge in [-0.2, -0.15) is 0 Å². The lowest BCUT2D eigenvalue weighted by molar-refractivity contribution is -0.188. The summed E-state index contributed by atoms with van der Waals surface area (Å²) >= 11 is 0. The fourth-order valence-corrected chi connectivity index (χ4v) is 1.90. The molecule has 0 saturated carbocycles. The van der Waals surface area contributed by atoms with Gasteiger partial charge in [0.05, 0.1) is 12.7 Å². The monoisotopic (exact) mass is 240 g/mol. The van der Waals surface area contributed by atoms with Gasteiger partial charge in [-0.1, -0.05) is 18.2 Å². The van der Waals surface area contributed by atoms with E-state index in [0.29, 0.717) is 0 Å². The van der Waals surface area contributed by atoms with Crippen LogP contribution in [0.5, 0.6) is 0 Å².